The molecule has 170 valence electrons. The molecule has 2 aromatic rings. The Hall–Kier alpha value is -1.87. The number of hydrogen-bond acceptors (Lipinski definition) is 5. The summed E-state index contributed by atoms with van der Waals surface area (Å²) in [6.45, 7) is 3.38. The third-order valence-corrected chi connectivity index (χ3v) is 4.87. The lowest BCUT2D eigenvalue weighted by Crippen LogP contribution is -2.32. The van der Waals surface area contributed by atoms with Gasteiger partial charge in [0.25, 0.3) is 0 Å². The highest BCUT2D eigenvalue weighted by Crippen LogP contribution is 2.21. The number of aliphatic hydroxyl groups is 1. The minimum Gasteiger partial charge on any atom is -0.473 e. The predicted octanol–water partition coefficient (Wildman–Crippen LogP) is 4.07. The number of hydrogen-bond donors (Lipinski definition) is 4. The molecule has 2 rings (SSSR count). The zero-order chi connectivity index (χ0) is 23.4. The maximum Gasteiger partial charge on any atom is 0.414 e. The minimum absolute atomic E-state index is 0.0974. The van der Waals surface area contributed by atoms with Crippen molar-refractivity contribution in [1.29, 1.82) is 0 Å². The summed E-state index contributed by atoms with van der Waals surface area (Å²) >= 11 is 17.9. The third-order valence-electron chi connectivity index (χ3n) is 4.03. The smallest absolute Gasteiger partial charge is 0.414 e. The fourth-order valence-corrected chi connectivity index (χ4v) is 2.99. The van der Waals surface area contributed by atoms with Gasteiger partial charge < -0.3 is 25.4 Å². The van der Waals surface area contributed by atoms with Crippen molar-refractivity contribution in [3.63, 3.8) is 0 Å². The second kappa shape index (κ2) is 14.2. The summed E-state index contributed by atoms with van der Waals surface area (Å²) in [5.74, 6) is -3.65. The first kappa shape index (κ1) is 27.2. The Labute approximate surface area is 195 Å². The lowest BCUT2D eigenvalue weighted by Gasteiger charge is -2.17. The van der Waals surface area contributed by atoms with Crippen molar-refractivity contribution in [2.75, 3.05) is 19.7 Å². The Morgan fingerprint density at radius 2 is 1.58 bits per heavy atom. The lowest BCUT2D eigenvalue weighted by molar-refractivity contribution is -0.159. The quantitative estimate of drug-likeness (QED) is 0.308. The van der Waals surface area contributed by atoms with Crippen LogP contribution in [0.3, 0.4) is 0 Å². The molecule has 0 fully saturated rings. The van der Waals surface area contributed by atoms with Crippen molar-refractivity contribution >= 4 is 46.7 Å². The van der Waals surface area contributed by atoms with Crippen LogP contribution in [0.5, 0.6) is 0 Å². The summed E-state index contributed by atoms with van der Waals surface area (Å²) in [7, 11) is 0. The van der Waals surface area contributed by atoms with Crippen molar-refractivity contribution in [1.82, 2.24) is 5.32 Å². The van der Waals surface area contributed by atoms with Crippen LogP contribution in [0.25, 0.3) is 0 Å². The highest BCUT2D eigenvalue weighted by molar-refractivity contribution is 6.35. The van der Waals surface area contributed by atoms with Crippen molar-refractivity contribution in [3.05, 3.63) is 68.7 Å². The number of carboxylic acid groups (broad SMARTS) is 2. The lowest BCUT2D eigenvalue weighted by atomic mass is 10.1. The maximum atomic E-state index is 10.0. The van der Waals surface area contributed by atoms with E-state index >= 15 is 0 Å². The van der Waals surface area contributed by atoms with E-state index < -0.39 is 18.0 Å². The first-order valence-corrected chi connectivity index (χ1v) is 10.4. The second-order valence-corrected chi connectivity index (χ2v) is 7.76. The van der Waals surface area contributed by atoms with Crippen molar-refractivity contribution in [2.45, 2.75) is 25.6 Å². The summed E-state index contributed by atoms with van der Waals surface area (Å²) in [5.41, 5.74) is 2.06. The van der Waals surface area contributed by atoms with Crippen LogP contribution < -0.4 is 5.32 Å². The zero-order valence-electron chi connectivity index (χ0n) is 16.7. The molecular formula is C21H24Cl3NO6. The summed E-state index contributed by atoms with van der Waals surface area (Å²) < 4.78 is 5.71. The second-order valence-electron chi connectivity index (χ2n) is 6.48. The van der Waals surface area contributed by atoms with Gasteiger partial charge in [0.15, 0.2) is 0 Å². The first-order chi connectivity index (χ1) is 14.6. The molecule has 2 aromatic carbocycles. The van der Waals surface area contributed by atoms with Crippen molar-refractivity contribution < 1.29 is 29.6 Å². The number of halogens is 3. The van der Waals surface area contributed by atoms with E-state index in [9.17, 15) is 5.11 Å². The molecular weight excluding hydrogens is 469 g/mol. The van der Waals surface area contributed by atoms with Crippen LogP contribution in [0.4, 0.5) is 0 Å². The fraction of sp³-hybridized carbons (Fsp3) is 0.333. The van der Waals surface area contributed by atoms with Gasteiger partial charge in [-0.15, -0.1) is 0 Å². The molecule has 0 bridgehead atoms. The van der Waals surface area contributed by atoms with Gasteiger partial charge >= 0.3 is 11.9 Å². The highest BCUT2D eigenvalue weighted by atomic mass is 35.5. The number of aliphatic carboxylic acids is 2. The molecule has 0 radical (unpaired) electrons. The summed E-state index contributed by atoms with van der Waals surface area (Å²) in [6, 6.07) is 13.0. The van der Waals surface area contributed by atoms with E-state index in [4.69, 9.17) is 59.3 Å². The molecule has 0 aliphatic heterocycles. The van der Waals surface area contributed by atoms with Crippen molar-refractivity contribution in [3.8, 4) is 0 Å². The van der Waals surface area contributed by atoms with E-state index in [1.807, 2.05) is 43.3 Å². The van der Waals surface area contributed by atoms with Gasteiger partial charge in [-0.3, -0.25) is 0 Å². The number of carbonyl (C=O) groups is 2. The highest BCUT2D eigenvalue weighted by Gasteiger charge is 2.10. The Morgan fingerprint density at radius 3 is 2.13 bits per heavy atom. The number of benzene rings is 2. The van der Waals surface area contributed by atoms with Gasteiger partial charge in [0.05, 0.1) is 18.8 Å². The molecule has 2 atom stereocenters. The number of nitrogens with one attached hydrogen (secondary N) is 1. The summed E-state index contributed by atoms with van der Waals surface area (Å²) in [5, 5.41) is 30.0. The molecule has 0 saturated heterocycles. The van der Waals surface area contributed by atoms with E-state index in [0.717, 1.165) is 17.5 Å². The Kier molecular flexibility index (Phi) is 12.5. The normalized spacial score (nSPS) is 12.4. The SMILES string of the molecule is CC(OCC(O)CNCCc1ccc(Cl)cc1Cl)c1ccc(Cl)cc1.O=C(O)C(=O)O. The molecule has 0 spiro atoms. The van der Waals surface area contributed by atoms with E-state index in [0.29, 0.717) is 28.2 Å². The largest absolute Gasteiger partial charge is 0.473 e. The van der Waals surface area contributed by atoms with Gasteiger partial charge in [0.2, 0.25) is 0 Å². The van der Waals surface area contributed by atoms with Gasteiger partial charge in [-0.2, -0.15) is 0 Å². The van der Waals surface area contributed by atoms with E-state index in [1.54, 1.807) is 6.07 Å². The zero-order valence-corrected chi connectivity index (χ0v) is 19.0. The van der Waals surface area contributed by atoms with E-state index in [1.165, 1.54) is 0 Å². The van der Waals surface area contributed by atoms with Gasteiger partial charge in [-0.25, -0.2) is 9.59 Å². The fourth-order valence-electron chi connectivity index (χ4n) is 2.36. The van der Waals surface area contributed by atoms with Gasteiger partial charge in [-0.1, -0.05) is 53.0 Å². The predicted molar refractivity (Wildman–Crippen MR) is 120 cm³/mol. The molecule has 0 aliphatic rings. The van der Waals surface area contributed by atoms with Crippen molar-refractivity contribution in [2.24, 2.45) is 0 Å². The van der Waals surface area contributed by atoms with Crippen LogP contribution in [-0.4, -0.2) is 53.1 Å². The number of ether oxygens (including phenoxy) is 1. The average Bonchev–Trinajstić information content (AvgIpc) is 2.71. The number of carboxylic acids is 2. The van der Waals surface area contributed by atoms with Crippen LogP contribution in [0.1, 0.15) is 24.2 Å². The summed E-state index contributed by atoms with van der Waals surface area (Å²) in [4.78, 5) is 18.2. The monoisotopic (exact) mass is 491 g/mol. The Balaban J connectivity index is 0.000000703. The molecule has 0 amide bonds. The molecule has 2 unspecified atom stereocenters. The maximum absolute atomic E-state index is 10.0. The number of rotatable bonds is 9. The molecule has 0 heterocycles. The first-order valence-electron chi connectivity index (χ1n) is 9.26. The minimum atomic E-state index is -1.82. The average molecular weight is 493 g/mol. The number of aliphatic hydroxyl groups excluding tert-OH is 1. The van der Waals surface area contributed by atoms with E-state index in [-0.39, 0.29) is 12.7 Å². The van der Waals surface area contributed by atoms with Gasteiger partial charge in [-0.05, 0) is 55.3 Å². The van der Waals surface area contributed by atoms with Crippen LogP contribution in [-0.2, 0) is 20.7 Å². The van der Waals surface area contributed by atoms with E-state index in [2.05, 4.69) is 5.32 Å². The molecule has 0 aromatic heterocycles. The standard InChI is InChI=1S/C19H22Cl3NO2.C2H2O4/c1-13(14-2-5-16(20)6-3-14)25-12-18(24)11-23-9-8-15-4-7-17(21)10-19(15)22;3-1(4)2(5)6/h2-7,10,13,18,23-24H,8-9,11-12H2,1H3;(H,3,4)(H,5,6). The molecule has 4 N–H and O–H groups in total. The Bertz CT molecular complexity index is 836. The Morgan fingerprint density at radius 1 is 1.00 bits per heavy atom. The molecule has 0 aliphatic carbocycles. The van der Waals surface area contributed by atoms with Crippen LogP contribution in [0.15, 0.2) is 42.5 Å². The molecule has 31 heavy (non-hydrogen) atoms. The van der Waals surface area contributed by atoms with Gasteiger partial charge in [0, 0.05) is 21.6 Å². The molecule has 7 nitrogen and oxygen atoms in total. The van der Waals surface area contributed by atoms with Crippen LogP contribution in [0, 0.1) is 0 Å². The topological polar surface area (TPSA) is 116 Å². The van der Waals surface area contributed by atoms with Crippen LogP contribution >= 0.6 is 34.8 Å². The third kappa shape index (κ3) is 11.4. The van der Waals surface area contributed by atoms with Gasteiger partial charge in [0.1, 0.15) is 0 Å². The molecule has 10 heteroatoms. The van der Waals surface area contributed by atoms with Crippen LogP contribution in [0.2, 0.25) is 15.1 Å². The molecule has 0 saturated carbocycles. The summed E-state index contributed by atoms with van der Waals surface area (Å²) in [6.07, 6.45) is 0.0975.